The second-order valence-corrected chi connectivity index (χ2v) is 7.14. The van der Waals surface area contributed by atoms with Crippen LogP contribution in [0.15, 0.2) is 18.2 Å². The first-order valence-electron chi connectivity index (χ1n) is 9.52. The summed E-state index contributed by atoms with van der Waals surface area (Å²) in [5.41, 5.74) is 9.58. The Kier molecular flexibility index (Phi) is 5.03. The molecule has 2 aliphatic rings. The normalized spacial score (nSPS) is 17.0. The topological polar surface area (TPSA) is 76.7 Å². The summed E-state index contributed by atoms with van der Waals surface area (Å²) >= 11 is 0. The lowest BCUT2D eigenvalue weighted by Gasteiger charge is -2.30. The van der Waals surface area contributed by atoms with Gasteiger partial charge in [-0.2, -0.15) is 4.98 Å². The average Bonchev–Trinajstić information content (AvgIpc) is 3.23. The highest BCUT2D eigenvalue weighted by Gasteiger charge is 2.25. The fourth-order valence-corrected chi connectivity index (χ4v) is 3.99. The number of anilines is 2. The molecule has 2 aliphatic heterocycles. The van der Waals surface area contributed by atoms with Gasteiger partial charge in [0, 0.05) is 50.3 Å². The predicted molar refractivity (Wildman–Crippen MR) is 105 cm³/mol. The van der Waals surface area contributed by atoms with Crippen LogP contribution in [0.25, 0.3) is 0 Å². The Bertz CT molecular complexity index is 820. The molecular formula is C20H27N5O2. The zero-order chi connectivity index (χ0) is 18.8. The van der Waals surface area contributed by atoms with Crippen LogP contribution in [0.1, 0.15) is 29.7 Å². The van der Waals surface area contributed by atoms with Crippen molar-refractivity contribution in [2.45, 2.75) is 32.4 Å². The van der Waals surface area contributed by atoms with Crippen LogP contribution >= 0.6 is 0 Å². The molecule has 0 saturated carbocycles. The molecule has 0 aliphatic carbocycles. The largest absolute Gasteiger partial charge is 0.493 e. The zero-order valence-electron chi connectivity index (χ0n) is 16.1. The quantitative estimate of drug-likeness (QED) is 0.866. The van der Waals surface area contributed by atoms with Crippen LogP contribution < -0.4 is 20.1 Å². The number of nitrogens with two attached hydrogens (primary N) is 1. The van der Waals surface area contributed by atoms with Gasteiger partial charge in [0.25, 0.3) is 0 Å². The summed E-state index contributed by atoms with van der Waals surface area (Å²) < 4.78 is 11.0. The minimum atomic E-state index is 0.615. The van der Waals surface area contributed by atoms with Crippen molar-refractivity contribution in [2.24, 2.45) is 0 Å². The number of hydrogen-bond acceptors (Lipinski definition) is 7. The first kappa shape index (κ1) is 17.9. The Morgan fingerprint density at radius 3 is 2.63 bits per heavy atom. The SMILES string of the molecule is COc1cccc(CN2CCc3nc(N4CCCC4)nc(N)c3C2)c1OC. The lowest BCUT2D eigenvalue weighted by molar-refractivity contribution is 0.238. The molecule has 1 saturated heterocycles. The van der Waals surface area contributed by atoms with Crippen molar-refractivity contribution in [3.8, 4) is 11.5 Å². The summed E-state index contributed by atoms with van der Waals surface area (Å²) in [6, 6.07) is 5.99. The van der Waals surface area contributed by atoms with Gasteiger partial charge in [-0.15, -0.1) is 0 Å². The second-order valence-electron chi connectivity index (χ2n) is 7.14. The monoisotopic (exact) mass is 369 g/mol. The third-order valence-corrected chi connectivity index (χ3v) is 5.43. The maximum Gasteiger partial charge on any atom is 0.227 e. The minimum absolute atomic E-state index is 0.615. The van der Waals surface area contributed by atoms with E-state index in [4.69, 9.17) is 20.2 Å². The molecule has 144 valence electrons. The highest BCUT2D eigenvalue weighted by molar-refractivity contribution is 5.50. The average molecular weight is 369 g/mol. The molecule has 1 fully saturated rings. The summed E-state index contributed by atoms with van der Waals surface area (Å²) in [6.45, 7) is 4.51. The number of methoxy groups -OCH3 is 2. The molecule has 4 rings (SSSR count). The van der Waals surface area contributed by atoms with E-state index in [-0.39, 0.29) is 0 Å². The summed E-state index contributed by atoms with van der Waals surface area (Å²) in [6.07, 6.45) is 3.29. The number of fused-ring (bicyclic) bond motifs is 1. The zero-order valence-corrected chi connectivity index (χ0v) is 16.1. The van der Waals surface area contributed by atoms with E-state index >= 15 is 0 Å². The summed E-state index contributed by atoms with van der Waals surface area (Å²) in [5.74, 6) is 2.96. The Morgan fingerprint density at radius 1 is 1.07 bits per heavy atom. The third kappa shape index (κ3) is 3.51. The smallest absolute Gasteiger partial charge is 0.227 e. The predicted octanol–water partition coefficient (Wildman–Crippen LogP) is 2.23. The van der Waals surface area contributed by atoms with Crippen molar-refractivity contribution in [3.63, 3.8) is 0 Å². The highest BCUT2D eigenvalue weighted by atomic mass is 16.5. The number of ether oxygens (including phenoxy) is 2. The van der Waals surface area contributed by atoms with Crippen molar-refractivity contribution >= 4 is 11.8 Å². The highest BCUT2D eigenvalue weighted by Crippen LogP contribution is 2.33. The van der Waals surface area contributed by atoms with Gasteiger partial charge in [0.1, 0.15) is 5.82 Å². The molecule has 7 nitrogen and oxygen atoms in total. The van der Waals surface area contributed by atoms with Crippen LogP contribution in [0.3, 0.4) is 0 Å². The van der Waals surface area contributed by atoms with Crippen molar-refractivity contribution < 1.29 is 9.47 Å². The number of benzene rings is 1. The summed E-state index contributed by atoms with van der Waals surface area (Å²) in [7, 11) is 3.34. The number of para-hydroxylation sites is 1. The van der Waals surface area contributed by atoms with E-state index in [1.54, 1.807) is 14.2 Å². The lowest BCUT2D eigenvalue weighted by atomic mass is 10.0. The lowest BCUT2D eigenvalue weighted by Crippen LogP contribution is -2.33. The van der Waals surface area contributed by atoms with Gasteiger partial charge >= 0.3 is 0 Å². The van der Waals surface area contributed by atoms with Crippen molar-refractivity contribution in [3.05, 3.63) is 35.0 Å². The van der Waals surface area contributed by atoms with E-state index < -0.39 is 0 Å². The van der Waals surface area contributed by atoms with Crippen molar-refractivity contribution in [2.75, 3.05) is 44.5 Å². The molecule has 7 heteroatoms. The van der Waals surface area contributed by atoms with Crippen LogP contribution in [-0.4, -0.2) is 48.7 Å². The van der Waals surface area contributed by atoms with Crippen molar-refractivity contribution in [1.29, 1.82) is 0 Å². The Balaban J connectivity index is 1.54. The van der Waals surface area contributed by atoms with E-state index in [0.29, 0.717) is 5.82 Å². The number of aromatic nitrogens is 2. The number of nitrogens with zero attached hydrogens (tertiary/aromatic N) is 4. The molecule has 2 aromatic rings. The van der Waals surface area contributed by atoms with Gasteiger partial charge in [-0.3, -0.25) is 4.90 Å². The van der Waals surface area contributed by atoms with Gasteiger partial charge in [-0.05, 0) is 18.9 Å². The molecular weight excluding hydrogens is 342 g/mol. The maximum absolute atomic E-state index is 6.32. The molecule has 1 aromatic heterocycles. The van der Waals surface area contributed by atoms with E-state index in [1.807, 2.05) is 12.1 Å². The van der Waals surface area contributed by atoms with Gasteiger partial charge in [0.15, 0.2) is 11.5 Å². The first-order valence-corrected chi connectivity index (χ1v) is 9.52. The molecule has 0 atom stereocenters. The van der Waals surface area contributed by atoms with Crippen LogP contribution in [0, 0.1) is 0 Å². The molecule has 0 radical (unpaired) electrons. The van der Waals surface area contributed by atoms with Gasteiger partial charge in [-0.1, -0.05) is 12.1 Å². The summed E-state index contributed by atoms with van der Waals surface area (Å²) in [5, 5.41) is 0. The van der Waals surface area contributed by atoms with E-state index in [9.17, 15) is 0 Å². The van der Waals surface area contributed by atoms with Crippen LogP contribution in [0.2, 0.25) is 0 Å². The molecule has 3 heterocycles. The Morgan fingerprint density at radius 2 is 1.89 bits per heavy atom. The molecule has 27 heavy (non-hydrogen) atoms. The fourth-order valence-electron chi connectivity index (χ4n) is 3.99. The molecule has 0 amide bonds. The van der Waals surface area contributed by atoms with E-state index in [1.165, 1.54) is 12.8 Å². The minimum Gasteiger partial charge on any atom is -0.493 e. The number of rotatable bonds is 5. The standard InChI is InChI=1S/C20H27N5O2/c1-26-17-7-5-6-14(18(17)27-2)12-24-11-8-16-15(13-24)19(21)23-20(22-16)25-9-3-4-10-25/h5-7H,3-4,8-13H2,1-2H3,(H2,21,22,23). The van der Waals surface area contributed by atoms with Crippen LogP contribution in [-0.2, 0) is 19.5 Å². The number of nitrogen functional groups attached to an aromatic ring is 1. The van der Waals surface area contributed by atoms with Crippen LogP contribution in [0.5, 0.6) is 11.5 Å². The van der Waals surface area contributed by atoms with Gasteiger partial charge in [0.2, 0.25) is 5.95 Å². The summed E-state index contributed by atoms with van der Waals surface area (Å²) in [4.78, 5) is 14.0. The fraction of sp³-hybridized carbons (Fsp3) is 0.500. The second kappa shape index (κ2) is 7.60. The Labute approximate surface area is 160 Å². The van der Waals surface area contributed by atoms with E-state index in [2.05, 4.69) is 20.9 Å². The molecule has 0 bridgehead atoms. The third-order valence-electron chi connectivity index (χ3n) is 5.43. The van der Waals surface area contributed by atoms with Gasteiger partial charge < -0.3 is 20.1 Å². The van der Waals surface area contributed by atoms with Gasteiger partial charge in [0.05, 0.1) is 19.9 Å². The maximum atomic E-state index is 6.32. The molecule has 2 N–H and O–H groups in total. The Hall–Kier alpha value is -2.54. The van der Waals surface area contributed by atoms with Gasteiger partial charge in [-0.25, -0.2) is 4.98 Å². The van der Waals surface area contributed by atoms with Crippen LogP contribution in [0.4, 0.5) is 11.8 Å². The molecule has 0 spiro atoms. The molecule has 1 aromatic carbocycles. The van der Waals surface area contributed by atoms with E-state index in [0.717, 1.165) is 73.4 Å². The first-order chi connectivity index (χ1) is 13.2. The van der Waals surface area contributed by atoms with Crippen molar-refractivity contribution in [1.82, 2.24) is 14.9 Å². The number of hydrogen-bond donors (Lipinski definition) is 1. The molecule has 0 unspecified atom stereocenters.